The lowest BCUT2D eigenvalue weighted by Gasteiger charge is -2.29. The Morgan fingerprint density at radius 2 is 2.14 bits per heavy atom. The number of carbonyl (C=O) groups excluding carboxylic acids is 2. The number of nitrogens with one attached hydrogen (secondary N) is 2. The van der Waals surface area contributed by atoms with Gasteiger partial charge in [0.2, 0.25) is 11.8 Å². The fraction of sp³-hybridized carbons (Fsp3) is 0.846. The van der Waals surface area contributed by atoms with E-state index in [1.165, 1.54) is 0 Å². The zero-order valence-electron chi connectivity index (χ0n) is 12.3. The topological polar surface area (TPSA) is 61.4 Å². The average molecular weight is 344 g/mol. The zero-order chi connectivity index (χ0) is 15.6. The highest BCUT2D eigenvalue weighted by atomic mass is 35.5. The molecule has 0 spiro atoms. The molecule has 2 amide bonds. The first kappa shape index (κ1) is 19.0. The number of hydrogen-bond acceptors (Lipinski definition) is 3. The number of hydrogen-bond donors (Lipinski definition) is 2. The standard InChI is InChI=1S/C13H20F3N3O2.ClH/c1-8-4-10(2-3-17-8)18-12(21)9-5-11(20)19(6-9)7-13(14,15)16;/h8-10,17H,2-7H2,1H3,(H,18,21);1H. The summed E-state index contributed by atoms with van der Waals surface area (Å²) >= 11 is 0. The van der Waals surface area contributed by atoms with Crippen LogP contribution in [0.2, 0.25) is 0 Å². The quantitative estimate of drug-likeness (QED) is 0.806. The van der Waals surface area contributed by atoms with Crippen LogP contribution in [0.25, 0.3) is 0 Å². The maximum Gasteiger partial charge on any atom is 0.406 e. The van der Waals surface area contributed by atoms with Crippen molar-refractivity contribution in [2.75, 3.05) is 19.6 Å². The van der Waals surface area contributed by atoms with E-state index in [0.29, 0.717) is 6.04 Å². The fourth-order valence-corrected chi connectivity index (χ4v) is 2.90. The molecule has 2 fully saturated rings. The minimum atomic E-state index is -4.43. The second-order valence-electron chi connectivity index (χ2n) is 5.88. The third-order valence-electron chi connectivity index (χ3n) is 3.93. The first-order chi connectivity index (χ1) is 9.74. The van der Waals surface area contributed by atoms with Gasteiger partial charge in [-0.15, -0.1) is 12.4 Å². The third-order valence-corrected chi connectivity index (χ3v) is 3.93. The van der Waals surface area contributed by atoms with Crippen molar-refractivity contribution in [1.82, 2.24) is 15.5 Å². The summed E-state index contributed by atoms with van der Waals surface area (Å²) in [6, 6.07) is 0.330. The smallest absolute Gasteiger partial charge is 0.353 e. The van der Waals surface area contributed by atoms with Crippen LogP contribution in [0, 0.1) is 5.92 Å². The molecule has 2 heterocycles. The lowest BCUT2D eigenvalue weighted by molar-refractivity contribution is -0.157. The molecule has 0 bridgehead atoms. The van der Waals surface area contributed by atoms with E-state index in [-0.39, 0.29) is 37.3 Å². The summed E-state index contributed by atoms with van der Waals surface area (Å²) in [6.45, 7) is 1.39. The second-order valence-corrected chi connectivity index (χ2v) is 5.88. The van der Waals surface area contributed by atoms with E-state index in [0.717, 1.165) is 24.3 Å². The van der Waals surface area contributed by atoms with Gasteiger partial charge >= 0.3 is 6.18 Å². The first-order valence-corrected chi connectivity index (χ1v) is 7.13. The van der Waals surface area contributed by atoms with Gasteiger partial charge in [0.15, 0.2) is 0 Å². The summed E-state index contributed by atoms with van der Waals surface area (Å²) in [4.78, 5) is 24.3. The molecule has 2 aliphatic rings. The van der Waals surface area contributed by atoms with E-state index in [9.17, 15) is 22.8 Å². The molecular weight excluding hydrogens is 323 g/mol. The highest BCUT2D eigenvalue weighted by Gasteiger charge is 2.40. The Hall–Kier alpha value is -1.02. The number of piperidine rings is 1. The summed E-state index contributed by atoms with van der Waals surface area (Å²) in [5.41, 5.74) is 0. The Balaban J connectivity index is 0.00000242. The third kappa shape index (κ3) is 5.31. The van der Waals surface area contributed by atoms with E-state index < -0.39 is 24.5 Å². The summed E-state index contributed by atoms with van der Waals surface area (Å²) < 4.78 is 37.0. The van der Waals surface area contributed by atoms with Crippen molar-refractivity contribution in [3.63, 3.8) is 0 Å². The summed E-state index contributed by atoms with van der Waals surface area (Å²) in [5, 5.41) is 6.11. The van der Waals surface area contributed by atoms with E-state index in [1.807, 2.05) is 6.92 Å². The van der Waals surface area contributed by atoms with E-state index in [1.54, 1.807) is 0 Å². The molecule has 0 radical (unpaired) electrons. The number of halogens is 4. The van der Waals surface area contributed by atoms with Gasteiger partial charge in [-0.05, 0) is 26.3 Å². The van der Waals surface area contributed by atoms with Gasteiger partial charge in [0.1, 0.15) is 6.54 Å². The van der Waals surface area contributed by atoms with Crippen molar-refractivity contribution in [1.29, 1.82) is 0 Å². The monoisotopic (exact) mass is 343 g/mol. The van der Waals surface area contributed by atoms with Crippen LogP contribution < -0.4 is 10.6 Å². The number of alkyl halides is 3. The molecular formula is C13H21ClF3N3O2. The van der Waals surface area contributed by atoms with Gasteiger partial charge in [-0.25, -0.2) is 0 Å². The van der Waals surface area contributed by atoms with Gasteiger partial charge in [-0.3, -0.25) is 9.59 Å². The summed E-state index contributed by atoms with van der Waals surface area (Å²) in [6.07, 6.45) is -2.98. The van der Waals surface area contributed by atoms with Crippen LogP contribution in [0.5, 0.6) is 0 Å². The van der Waals surface area contributed by atoms with Crippen LogP contribution in [-0.4, -0.2) is 54.6 Å². The molecule has 22 heavy (non-hydrogen) atoms. The lowest BCUT2D eigenvalue weighted by Crippen LogP contribution is -2.48. The predicted octanol–water partition coefficient (Wildman–Crippen LogP) is 1.08. The second kappa shape index (κ2) is 7.50. The molecule has 2 saturated heterocycles. The Bertz CT molecular complexity index is 420. The van der Waals surface area contributed by atoms with Gasteiger partial charge in [0.05, 0.1) is 5.92 Å². The van der Waals surface area contributed by atoms with E-state index in [4.69, 9.17) is 0 Å². The van der Waals surface area contributed by atoms with E-state index in [2.05, 4.69) is 10.6 Å². The Kier molecular flexibility index (Phi) is 6.49. The minimum absolute atomic E-state index is 0. The molecule has 0 saturated carbocycles. The van der Waals surface area contributed by atoms with Crippen molar-refractivity contribution in [3.8, 4) is 0 Å². The molecule has 3 unspecified atom stereocenters. The Morgan fingerprint density at radius 1 is 1.45 bits per heavy atom. The van der Waals surface area contributed by atoms with Crippen molar-refractivity contribution in [2.45, 2.75) is 44.4 Å². The SMILES string of the molecule is CC1CC(NC(=O)C2CC(=O)N(CC(F)(F)F)C2)CCN1.Cl. The van der Waals surface area contributed by atoms with E-state index >= 15 is 0 Å². The molecule has 2 N–H and O–H groups in total. The summed E-state index contributed by atoms with van der Waals surface area (Å²) in [7, 11) is 0. The van der Waals surface area contributed by atoms with Crippen LogP contribution in [0.3, 0.4) is 0 Å². The number of carbonyl (C=O) groups is 2. The highest BCUT2D eigenvalue weighted by Crippen LogP contribution is 2.24. The molecule has 0 aromatic rings. The van der Waals surface area contributed by atoms with Crippen LogP contribution in [-0.2, 0) is 9.59 Å². The van der Waals surface area contributed by atoms with Gasteiger partial charge in [0.25, 0.3) is 0 Å². The van der Waals surface area contributed by atoms with Crippen molar-refractivity contribution < 1.29 is 22.8 Å². The highest BCUT2D eigenvalue weighted by molar-refractivity contribution is 5.89. The lowest BCUT2D eigenvalue weighted by atomic mass is 9.99. The summed E-state index contributed by atoms with van der Waals surface area (Å²) in [5.74, 6) is -1.59. The maximum atomic E-state index is 12.3. The minimum Gasteiger partial charge on any atom is -0.353 e. The van der Waals surface area contributed by atoms with Crippen molar-refractivity contribution in [3.05, 3.63) is 0 Å². The molecule has 0 aliphatic carbocycles. The van der Waals surface area contributed by atoms with Crippen molar-refractivity contribution >= 4 is 24.2 Å². The predicted molar refractivity (Wildman–Crippen MR) is 76.6 cm³/mol. The van der Waals surface area contributed by atoms with Gasteiger partial charge in [0, 0.05) is 25.0 Å². The van der Waals surface area contributed by atoms with Gasteiger partial charge in [-0.2, -0.15) is 13.2 Å². The fourth-order valence-electron chi connectivity index (χ4n) is 2.90. The molecule has 128 valence electrons. The maximum absolute atomic E-state index is 12.3. The molecule has 0 aromatic heterocycles. The van der Waals surface area contributed by atoms with Crippen LogP contribution in [0.1, 0.15) is 26.2 Å². The molecule has 0 aromatic carbocycles. The average Bonchev–Trinajstić information content (AvgIpc) is 2.69. The molecule has 9 heteroatoms. The Labute approximate surface area is 133 Å². The molecule has 5 nitrogen and oxygen atoms in total. The normalized spacial score (nSPS) is 29.2. The van der Waals surface area contributed by atoms with Crippen LogP contribution >= 0.6 is 12.4 Å². The molecule has 2 aliphatic heterocycles. The van der Waals surface area contributed by atoms with Crippen LogP contribution in [0.15, 0.2) is 0 Å². The number of likely N-dealkylation sites (tertiary alicyclic amines) is 1. The van der Waals surface area contributed by atoms with Gasteiger partial charge < -0.3 is 15.5 Å². The molecule has 2 rings (SSSR count). The van der Waals surface area contributed by atoms with Crippen molar-refractivity contribution in [2.24, 2.45) is 5.92 Å². The molecule has 3 atom stereocenters. The first-order valence-electron chi connectivity index (χ1n) is 7.13. The number of rotatable bonds is 3. The van der Waals surface area contributed by atoms with Crippen LogP contribution in [0.4, 0.5) is 13.2 Å². The zero-order valence-corrected chi connectivity index (χ0v) is 13.1. The number of amides is 2. The number of nitrogens with zero attached hydrogens (tertiary/aromatic N) is 1. The van der Waals surface area contributed by atoms with Gasteiger partial charge in [-0.1, -0.05) is 0 Å². The Morgan fingerprint density at radius 3 is 2.73 bits per heavy atom. The largest absolute Gasteiger partial charge is 0.406 e.